The molecule has 102 valence electrons. The van der Waals surface area contributed by atoms with Crippen molar-refractivity contribution in [3.63, 3.8) is 0 Å². The van der Waals surface area contributed by atoms with Gasteiger partial charge in [-0.1, -0.05) is 42.3 Å². The van der Waals surface area contributed by atoms with Gasteiger partial charge in [0.1, 0.15) is 0 Å². The van der Waals surface area contributed by atoms with Crippen LogP contribution in [0.3, 0.4) is 0 Å². The van der Waals surface area contributed by atoms with Gasteiger partial charge in [0, 0.05) is 18.0 Å². The summed E-state index contributed by atoms with van der Waals surface area (Å²) < 4.78 is 0. The first kappa shape index (κ1) is 13.4. The fraction of sp³-hybridized carbons (Fsp3) is 0.429. The lowest BCUT2D eigenvalue weighted by atomic mass is 10.1. The quantitative estimate of drug-likeness (QED) is 0.333. The number of carbonyl (C=O) groups is 1. The third kappa shape index (κ3) is 3.47. The molecule has 0 aromatic heterocycles. The van der Waals surface area contributed by atoms with E-state index in [-0.39, 0.29) is 17.7 Å². The van der Waals surface area contributed by atoms with Gasteiger partial charge in [-0.15, -0.1) is 0 Å². The summed E-state index contributed by atoms with van der Waals surface area (Å²) in [4.78, 5) is 11.9. The van der Waals surface area contributed by atoms with E-state index < -0.39 is 0 Å². The van der Waals surface area contributed by atoms with Gasteiger partial charge in [0.15, 0.2) is 5.84 Å². The number of carbonyl (C=O) groups excluding carboxylic acids is 1. The zero-order valence-corrected chi connectivity index (χ0v) is 10.8. The third-order valence-electron chi connectivity index (χ3n) is 3.55. The van der Waals surface area contributed by atoms with Crippen LogP contribution >= 0.6 is 0 Å². The maximum absolute atomic E-state index is 11.9. The molecule has 0 spiro atoms. The lowest BCUT2D eigenvalue weighted by molar-refractivity contribution is -0.124. The van der Waals surface area contributed by atoms with Crippen molar-refractivity contribution in [1.82, 2.24) is 5.32 Å². The first-order valence-corrected chi connectivity index (χ1v) is 6.55. The van der Waals surface area contributed by atoms with Crippen LogP contribution in [0.25, 0.3) is 0 Å². The van der Waals surface area contributed by atoms with E-state index in [0.29, 0.717) is 12.1 Å². The predicted octanol–water partition coefficient (Wildman–Crippen LogP) is 1.59. The molecule has 1 aliphatic carbocycles. The Labute approximate surface area is 112 Å². The summed E-state index contributed by atoms with van der Waals surface area (Å²) >= 11 is 0. The van der Waals surface area contributed by atoms with Gasteiger partial charge < -0.3 is 16.3 Å². The van der Waals surface area contributed by atoms with Crippen molar-refractivity contribution < 1.29 is 10.0 Å². The number of nitrogens with zero attached hydrogens (tertiary/aromatic N) is 1. The summed E-state index contributed by atoms with van der Waals surface area (Å²) in [6.45, 7) is 0.520. The molecule has 5 heteroatoms. The Kier molecular flexibility index (Phi) is 4.39. The second-order valence-corrected chi connectivity index (χ2v) is 4.88. The highest BCUT2D eigenvalue weighted by Gasteiger charge is 2.21. The lowest BCUT2D eigenvalue weighted by Crippen LogP contribution is -2.28. The molecule has 4 N–H and O–H groups in total. The van der Waals surface area contributed by atoms with Crippen molar-refractivity contribution in [2.45, 2.75) is 32.2 Å². The summed E-state index contributed by atoms with van der Waals surface area (Å²) in [5.41, 5.74) is 7.14. The van der Waals surface area contributed by atoms with Crippen LogP contribution in [0.1, 0.15) is 36.8 Å². The van der Waals surface area contributed by atoms with Crippen molar-refractivity contribution in [3.8, 4) is 0 Å². The Morgan fingerprint density at radius 2 is 1.95 bits per heavy atom. The molecule has 1 saturated carbocycles. The molecular weight excluding hydrogens is 242 g/mol. The van der Waals surface area contributed by atoms with Crippen LogP contribution in [0.2, 0.25) is 0 Å². The molecule has 2 rings (SSSR count). The topological polar surface area (TPSA) is 87.7 Å². The average Bonchev–Trinajstić information content (AvgIpc) is 2.98. The highest BCUT2D eigenvalue weighted by Crippen LogP contribution is 2.24. The molecule has 5 nitrogen and oxygen atoms in total. The average molecular weight is 261 g/mol. The number of nitrogens with one attached hydrogen (secondary N) is 1. The van der Waals surface area contributed by atoms with Crippen LogP contribution in [-0.4, -0.2) is 17.0 Å². The van der Waals surface area contributed by atoms with E-state index in [1.165, 1.54) is 0 Å². The first-order valence-electron chi connectivity index (χ1n) is 6.55. The van der Waals surface area contributed by atoms with E-state index in [9.17, 15) is 4.79 Å². The minimum Gasteiger partial charge on any atom is -0.409 e. The molecule has 0 aliphatic heterocycles. The second-order valence-electron chi connectivity index (χ2n) is 4.88. The second kappa shape index (κ2) is 6.22. The van der Waals surface area contributed by atoms with Crippen molar-refractivity contribution in [2.24, 2.45) is 16.8 Å². The van der Waals surface area contributed by atoms with Gasteiger partial charge in [-0.2, -0.15) is 0 Å². The van der Waals surface area contributed by atoms with Crippen molar-refractivity contribution in [1.29, 1.82) is 0 Å². The molecule has 0 atom stereocenters. The fourth-order valence-corrected chi connectivity index (χ4v) is 2.37. The number of amidine groups is 1. The van der Waals surface area contributed by atoms with Gasteiger partial charge in [0.25, 0.3) is 0 Å². The minimum atomic E-state index is 0.0848. The summed E-state index contributed by atoms with van der Waals surface area (Å²) in [6.07, 6.45) is 4.33. The molecule has 1 aromatic rings. The Morgan fingerprint density at radius 3 is 2.53 bits per heavy atom. The normalized spacial score (nSPS) is 16.5. The van der Waals surface area contributed by atoms with Crippen LogP contribution in [0, 0.1) is 5.92 Å². The molecule has 1 aromatic carbocycles. The highest BCUT2D eigenvalue weighted by molar-refractivity contribution is 5.96. The number of oxime groups is 1. The number of hydrogen-bond donors (Lipinski definition) is 3. The zero-order valence-electron chi connectivity index (χ0n) is 10.8. The Balaban J connectivity index is 1.87. The molecule has 0 bridgehead atoms. The van der Waals surface area contributed by atoms with Crippen LogP contribution in [-0.2, 0) is 11.3 Å². The number of rotatable bonds is 4. The van der Waals surface area contributed by atoms with Gasteiger partial charge in [-0.3, -0.25) is 4.79 Å². The fourth-order valence-electron chi connectivity index (χ4n) is 2.37. The molecule has 19 heavy (non-hydrogen) atoms. The predicted molar refractivity (Wildman–Crippen MR) is 72.8 cm³/mol. The van der Waals surface area contributed by atoms with E-state index >= 15 is 0 Å². The number of benzene rings is 1. The van der Waals surface area contributed by atoms with Crippen LogP contribution in [0.4, 0.5) is 0 Å². The minimum absolute atomic E-state index is 0.0848. The van der Waals surface area contributed by atoms with Gasteiger partial charge in [-0.25, -0.2) is 0 Å². The maximum Gasteiger partial charge on any atom is 0.223 e. The van der Waals surface area contributed by atoms with Crippen molar-refractivity contribution >= 4 is 11.7 Å². The number of hydrogen-bond acceptors (Lipinski definition) is 3. The standard InChI is InChI=1S/C14H19N3O2/c15-13(17-19)11-7-5-10(6-8-11)9-16-14(18)12-3-1-2-4-12/h5-8,12,19H,1-4,9H2,(H2,15,17)(H,16,18). The molecule has 0 radical (unpaired) electrons. The molecule has 1 amide bonds. The number of amides is 1. The van der Waals surface area contributed by atoms with Crippen LogP contribution in [0.15, 0.2) is 29.4 Å². The van der Waals surface area contributed by atoms with E-state index in [4.69, 9.17) is 10.9 Å². The van der Waals surface area contributed by atoms with Gasteiger partial charge in [0.05, 0.1) is 0 Å². The van der Waals surface area contributed by atoms with Crippen molar-refractivity contribution in [3.05, 3.63) is 35.4 Å². The third-order valence-corrected chi connectivity index (χ3v) is 3.55. The van der Waals surface area contributed by atoms with E-state index in [1.807, 2.05) is 12.1 Å². The van der Waals surface area contributed by atoms with Crippen LogP contribution < -0.4 is 11.1 Å². The SMILES string of the molecule is NC(=NO)c1ccc(CNC(=O)C2CCCC2)cc1. The van der Waals surface area contributed by atoms with E-state index in [2.05, 4.69) is 10.5 Å². The summed E-state index contributed by atoms with van der Waals surface area (Å²) in [5, 5.41) is 14.5. The maximum atomic E-state index is 11.9. The van der Waals surface area contributed by atoms with E-state index in [0.717, 1.165) is 31.2 Å². The van der Waals surface area contributed by atoms with Gasteiger partial charge >= 0.3 is 0 Å². The van der Waals surface area contributed by atoms with Crippen LogP contribution in [0.5, 0.6) is 0 Å². The monoisotopic (exact) mass is 261 g/mol. The molecule has 1 fully saturated rings. The first-order chi connectivity index (χ1) is 9.20. The smallest absolute Gasteiger partial charge is 0.223 e. The summed E-state index contributed by atoms with van der Waals surface area (Å²) in [7, 11) is 0. The number of nitrogens with two attached hydrogens (primary N) is 1. The Bertz CT molecular complexity index is 462. The molecular formula is C14H19N3O2. The summed E-state index contributed by atoms with van der Waals surface area (Å²) in [6, 6.07) is 7.27. The van der Waals surface area contributed by atoms with Crippen molar-refractivity contribution in [2.75, 3.05) is 0 Å². The largest absolute Gasteiger partial charge is 0.409 e. The lowest BCUT2D eigenvalue weighted by Gasteiger charge is -2.10. The molecule has 0 saturated heterocycles. The molecule has 1 aliphatic rings. The Morgan fingerprint density at radius 1 is 1.32 bits per heavy atom. The summed E-state index contributed by atoms with van der Waals surface area (Å²) in [5.74, 6) is 0.427. The molecule has 0 heterocycles. The highest BCUT2D eigenvalue weighted by atomic mass is 16.4. The van der Waals surface area contributed by atoms with Gasteiger partial charge in [-0.05, 0) is 18.4 Å². The molecule has 0 unspecified atom stereocenters. The van der Waals surface area contributed by atoms with E-state index in [1.54, 1.807) is 12.1 Å². The van der Waals surface area contributed by atoms with Gasteiger partial charge in [0.2, 0.25) is 5.91 Å². The zero-order chi connectivity index (χ0) is 13.7. The Hall–Kier alpha value is -2.04.